The molecule has 1 amide bonds. The monoisotopic (exact) mass is 343 g/mol. The van der Waals surface area contributed by atoms with E-state index in [0.29, 0.717) is 9.13 Å². The summed E-state index contributed by atoms with van der Waals surface area (Å²) in [4.78, 5) is 10.8. The Balaban J connectivity index is 3.33. The molecule has 0 atom stereocenters. The van der Waals surface area contributed by atoms with Gasteiger partial charge in [-0.05, 0) is 50.7 Å². The molecule has 0 aliphatic carbocycles. The first kappa shape index (κ1) is 9.91. The van der Waals surface area contributed by atoms with E-state index in [9.17, 15) is 9.18 Å². The minimum atomic E-state index is -0.555. The molecule has 0 fully saturated rings. The van der Waals surface area contributed by atoms with Crippen LogP contribution < -0.4 is 5.73 Å². The van der Waals surface area contributed by atoms with Crippen molar-refractivity contribution in [3.8, 4) is 0 Å². The zero-order valence-corrected chi connectivity index (χ0v) is 9.52. The largest absolute Gasteiger partial charge is 0.366 e. The lowest BCUT2D eigenvalue weighted by molar-refractivity contribution is 0.0999. The van der Waals surface area contributed by atoms with Gasteiger partial charge in [0.05, 0.1) is 10.0 Å². The fraction of sp³-hybridized carbons (Fsp3) is 0. The number of hydrogen-bond donors (Lipinski definition) is 1. The molecule has 0 heterocycles. The molecular weight excluding hydrogens is 340 g/mol. The molecule has 2 nitrogen and oxygen atoms in total. The molecule has 0 aromatic heterocycles. The molecule has 12 heavy (non-hydrogen) atoms. The Morgan fingerprint density at radius 3 is 2.67 bits per heavy atom. The predicted molar refractivity (Wildman–Crippen MR) is 55.3 cm³/mol. The van der Waals surface area contributed by atoms with Gasteiger partial charge in [-0.3, -0.25) is 4.79 Å². The number of amides is 1. The van der Waals surface area contributed by atoms with E-state index in [0.717, 1.165) is 0 Å². The summed E-state index contributed by atoms with van der Waals surface area (Å²) in [5.41, 5.74) is 5.37. The van der Waals surface area contributed by atoms with Crippen LogP contribution in [-0.4, -0.2) is 5.91 Å². The summed E-state index contributed by atoms with van der Waals surface area (Å²) in [6, 6.07) is 2.63. The van der Waals surface area contributed by atoms with Crippen molar-refractivity contribution in [2.75, 3.05) is 0 Å². The third-order valence-corrected chi connectivity index (χ3v) is 2.78. The molecule has 0 bridgehead atoms. The number of halogens is 3. The summed E-state index contributed by atoms with van der Waals surface area (Å²) in [5, 5.41) is 0. The topological polar surface area (TPSA) is 43.1 Å². The Bertz CT molecular complexity index is 342. The highest BCUT2D eigenvalue weighted by molar-refractivity contribution is 14.1. The first-order valence-corrected chi connectivity index (χ1v) is 4.84. The molecule has 0 unspecified atom stereocenters. The van der Waals surface area contributed by atoms with Crippen molar-refractivity contribution < 1.29 is 9.18 Å². The summed E-state index contributed by atoms with van der Waals surface area (Å²) in [7, 11) is 0. The minimum Gasteiger partial charge on any atom is -0.366 e. The number of carbonyl (C=O) groups is 1. The second-order valence-electron chi connectivity index (χ2n) is 2.11. The van der Waals surface area contributed by atoms with Crippen LogP contribution in [0.5, 0.6) is 0 Å². The third-order valence-electron chi connectivity index (χ3n) is 1.28. The van der Waals surface area contributed by atoms with Crippen LogP contribution in [0.3, 0.4) is 0 Å². The minimum absolute atomic E-state index is 0.247. The van der Waals surface area contributed by atoms with E-state index in [1.807, 2.05) is 22.6 Å². The molecule has 0 aliphatic heterocycles. The first-order chi connectivity index (χ1) is 5.52. The Kier molecular flexibility index (Phi) is 3.05. The lowest BCUT2D eigenvalue weighted by Gasteiger charge is -2.01. The highest BCUT2D eigenvalue weighted by Gasteiger charge is 2.09. The van der Waals surface area contributed by atoms with E-state index in [4.69, 9.17) is 5.73 Å². The maximum atomic E-state index is 12.8. The Morgan fingerprint density at radius 2 is 2.17 bits per heavy atom. The van der Waals surface area contributed by atoms with Crippen LogP contribution >= 0.6 is 38.5 Å². The van der Waals surface area contributed by atoms with Gasteiger partial charge in [0.2, 0.25) is 5.91 Å². The molecule has 1 aromatic carbocycles. The molecule has 0 aliphatic rings. The lowest BCUT2D eigenvalue weighted by atomic mass is 10.2. The van der Waals surface area contributed by atoms with Gasteiger partial charge in [-0.2, -0.15) is 0 Å². The molecule has 0 saturated heterocycles. The fourth-order valence-electron chi connectivity index (χ4n) is 0.711. The number of nitrogens with two attached hydrogens (primary N) is 1. The summed E-state index contributed by atoms with van der Waals surface area (Å²) < 4.78 is 13.6. The molecular formula is C7H4BrFINO. The highest BCUT2D eigenvalue weighted by atomic mass is 127. The average Bonchev–Trinajstić information content (AvgIpc) is 1.96. The summed E-state index contributed by atoms with van der Waals surface area (Å²) in [6.07, 6.45) is 0. The number of benzene rings is 1. The molecule has 5 heteroatoms. The van der Waals surface area contributed by atoms with Crippen molar-refractivity contribution >= 4 is 44.4 Å². The van der Waals surface area contributed by atoms with E-state index < -0.39 is 11.7 Å². The van der Waals surface area contributed by atoms with Crippen LogP contribution in [0.4, 0.5) is 4.39 Å². The van der Waals surface area contributed by atoms with Gasteiger partial charge in [-0.1, -0.05) is 0 Å². The zero-order chi connectivity index (χ0) is 9.30. The molecule has 0 radical (unpaired) electrons. The first-order valence-electron chi connectivity index (χ1n) is 2.96. The van der Waals surface area contributed by atoms with Crippen molar-refractivity contribution in [1.82, 2.24) is 0 Å². The van der Waals surface area contributed by atoms with Crippen molar-refractivity contribution in [3.05, 3.63) is 31.6 Å². The maximum absolute atomic E-state index is 12.8. The quantitative estimate of drug-likeness (QED) is 0.617. The Labute approximate surface area is 90.6 Å². The summed E-state index contributed by atoms with van der Waals surface area (Å²) in [6.45, 7) is 0. The van der Waals surface area contributed by atoms with Crippen LogP contribution in [-0.2, 0) is 0 Å². The number of rotatable bonds is 1. The lowest BCUT2D eigenvalue weighted by Crippen LogP contribution is -2.13. The second kappa shape index (κ2) is 3.69. The normalized spacial score (nSPS) is 9.92. The van der Waals surface area contributed by atoms with Gasteiger partial charge >= 0.3 is 0 Å². The average molecular weight is 344 g/mol. The zero-order valence-electron chi connectivity index (χ0n) is 5.77. The molecule has 0 spiro atoms. The van der Waals surface area contributed by atoms with E-state index in [1.165, 1.54) is 12.1 Å². The molecule has 1 rings (SSSR count). The van der Waals surface area contributed by atoms with Crippen molar-refractivity contribution in [2.45, 2.75) is 0 Å². The highest BCUT2D eigenvalue weighted by Crippen LogP contribution is 2.21. The van der Waals surface area contributed by atoms with E-state index in [-0.39, 0.29) is 4.47 Å². The van der Waals surface area contributed by atoms with E-state index in [1.54, 1.807) is 0 Å². The van der Waals surface area contributed by atoms with Gasteiger partial charge in [-0.15, -0.1) is 0 Å². The standard InChI is InChI=1S/C7H4BrFINO/c8-4-1-3(7(11)12)6(10)2-5(4)9/h1-2H,(H2,11,12). The number of hydrogen-bond acceptors (Lipinski definition) is 1. The van der Waals surface area contributed by atoms with Crippen LogP contribution in [0.1, 0.15) is 10.4 Å². The summed E-state index contributed by atoms with van der Waals surface area (Å²) >= 11 is 4.82. The van der Waals surface area contributed by atoms with Gasteiger partial charge in [-0.25, -0.2) is 4.39 Å². The van der Waals surface area contributed by atoms with Crippen LogP contribution in [0.15, 0.2) is 16.6 Å². The van der Waals surface area contributed by atoms with Gasteiger partial charge in [0, 0.05) is 3.57 Å². The molecule has 2 N–H and O–H groups in total. The maximum Gasteiger partial charge on any atom is 0.249 e. The molecule has 0 saturated carbocycles. The van der Waals surface area contributed by atoms with Crippen LogP contribution in [0, 0.1) is 9.39 Å². The smallest absolute Gasteiger partial charge is 0.249 e. The van der Waals surface area contributed by atoms with Gasteiger partial charge in [0.1, 0.15) is 5.82 Å². The fourth-order valence-corrected chi connectivity index (χ4v) is 1.75. The van der Waals surface area contributed by atoms with Gasteiger partial charge < -0.3 is 5.73 Å². The van der Waals surface area contributed by atoms with Crippen molar-refractivity contribution in [2.24, 2.45) is 5.73 Å². The van der Waals surface area contributed by atoms with E-state index in [2.05, 4.69) is 15.9 Å². The molecule has 1 aromatic rings. The van der Waals surface area contributed by atoms with Crippen LogP contribution in [0.25, 0.3) is 0 Å². The van der Waals surface area contributed by atoms with Crippen molar-refractivity contribution in [1.29, 1.82) is 0 Å². The third kappa shape index (κ3) is 1.95. The van der Waals surface area contributed by atoms with Gasteiger partial charge in [0.25, 0.3) is 0 Å². The Morgan fingerprint density at radius 1 is 1.58 bits per heavy atom. The summed E-state index contributed by atoms with van der Waals surface area (Å²) in [5.74, 6) is -0.954. The second-order valence-corrected chi connectivity index (χ2v) is 4.13. The number of primary amides is 1. The van der Waals surface area contributed by atoms with E-state index >= 15 is 0 Å². The number of carbonyl (C=O) groups excluding carboxylic acids is 1. The predicted octanol–water partition coefficient (Wildman–Crippen LogP) is 2.29. The van der Waals surface area contributed by atoms with Crippen LogP contribution in [0.2, 0.25) is 0 Å². The van der Waals surface area contributed by atoms with Crippen molar-refractivity contribution in [3.63, 3.8) is 0 Å². The Hall–Kier alpha value is -0.170. The van der Waals surface area contributed by atoms with Gasteiger partial charge in [0.15, 0.2) is 0 Å². The molecule has 64 valence electrons. The SMILES string of the molecule is NC(=O)c1cc(Br)c(F)cc1I.